The van der Waals surface area contributed by atoms with E-state index in [0.29, 0.717) is 12.2 Å². The van der Waals surface area contributed by atoms with E-state index in [1.165, 1.54) is 11.5 Å². The molecule has 0 aliphatic rings. The predicted molar refractivity (Wildman–Crippen MR) is 90.5 cm³/mol. The summed E-state index contributed by atoms with van der Waals surface area (Å²) in [6.45, 7) is 0.537. The van der Waals surface area contributed by atoms with Gasteiger partial charge in [0.25, 0.3) is 5.91 Å². The second kappa shape index (κ2) is 7.13. The maximum absolute atomic E-state index is 12.2. The van der Waals surface area contributed by atoms with Gasteiger partial charge in [0, 0.05) is 29.3 Å². The van der Waals surface area contributed by atoms with Crippen LogP contribution in [0.25, 0.3) is 11.3 Å². The van der Waals surface area contributed by atoms with Gasteiger partial charge in [-0.2, -0.15) is 0 Å². The van der Waals surface area contributed by atoms with Crippen LogP contribution in [0.4, 0.5) is 5.69 Å². The van der Waals surface area contributed by atoms with Crippen molar-refractivity contribution in [1.82, 2.24) is 9.59 Å². The zero-order valence-electron chi connectivity index (χ0n) is 12.5. The van der Waals surface area contributed by atoms with E-state index in [4.69, 9.17) is 4.74 Å². The summed E-state index contributed by atoms with van der Waals surface area (Å²) < 4.78 is 8.90. The van der Waals surface area contributed by atoms with E-state index in [9.17, 15) is 4.79 Å². The number of hydrogen-bond donors (Lipinski definition) is 1. The highest BCUT2D eigenvalue weighted by Gasteiger charge is 2.07. The van der Waals surface area contributed by atoms with Crippen LogP contribution in [-0.4, -0.2) is 22.6 Å². The van der Waals surface area contributed by atoms with Crippen molar-refractivity contribution in [3.8, 4) is 11.3 Å². The second-order valence-electron chi connectivity index (χ2n) is 4.95. The molecule has 1 N–H and O–H groups in total. The van der Waals surface area contributed by atoms with E-state index in [0.717, 1.165) is 22.5 Å². The Labute approximate surface area is 138 Å². The van der Waals surface area contributed by atoms with Crippen molar-refractivity contribution in [3.63, 3.8) is 0 Å². The molecule has 0 saturated heterocycles. The Bertz CT molecular complexity index is 769. The summed E-state index contributed by atoms with van der Waals surface area (Å²) in [4.78, 5) is 12.2. The van der Waals surface area contributed by atoms with Crippen LogP contribution in [0, 0.1) is 0 Å². The lowest BCUT2D eigenvalue weighted by Gasteiger charge is -2.07. The fourth-order valence-corrected chi connectivity index (χ4v) is 2.60. The summed E-state index contributed by atoms with van der Waals surface area (Å²) in [5.41, 5.74) is 4.19. The first-order chi connectivity index (χ1) is 11.3. The largest absolute Gasteiger partial charge is 0.380 e. The SMILES string of the molecule is COCc1ccc(C(=O)Nc2ccc(-c3csnn3)cc2)cc1. The Morgan fingerprint density at radius 3 is 2.48 bits per heavy atom. The Morgan fingerprint density at radius 2 is 1.87 bits per heavy atom. The van der Waals surface area contributed by atoms with E-state index < -0.39 is 0 Å². The van der Waals surface area contributed by atoms with Gasteiger partial charge >= 0.3 is 0 Å². The molecule has 1 heterocycles. The van der Waals surface area contributed by atoms with Crippen molar-refractivity contribution in [2.24, 2.45) is 0 Å². The van der Waals surface area contributed by atoms with Crippen molar-refractivity contribution < 1.29 is 9.53 Å². The number of nitrogens with zero attached hydrogens (tertiary/aromatic N) is 2. The fourth-order valence-electron chi connectivity index (χ4n) is 2.14. The number of hydrogen-bond acceptors (Lipinski definition) is 5. The molecule has 116 valence electrons. The molecule has 2 aromatic carbocycles. The monoisotopic (exact) mass is 325 g/mol. The Hall–Kier alpha value is -2.57. The molecule has 23 heavy (non-hydrogen) atoms. The Kier molecular flexibility index (Phi) is 4.75. The van der Waals surface area contributed by atoms with E-state index in [1.54, 1.807) is 19.2 Å². The van der Waals surface area contributed by atoms with E-state index in [2.05, 4.69) is 14.9 Å². The summed E-state index contributed by atoms with van der Waals surface area (Å²) in [5.74, 6) is -0.142. The second-order valence-corrected chi connectivity index (χ2v) is 5.56. The first-order valence-electron chi connectivity index (χ1n) is 7.03. The molecule has 3 rings (SSSR count). The van der Waals surface area contributed by atoms with Gasteiger partial charge in [-0.15, -0.1) is 5.10 Å². The van der Waals surface area contributed by atoms with Gasteiger partial charge in [0.15, 0.2) is 0 Å². The number of benzene rings is 2. The smallest absolute Gasteiger partial charge is 0.255 e. The molecule has 0 aliphatic heterocycles. The van der Waals surface area contributed by atoms with Crippen LogP contribution in [0.15, 0.2) is 53.9 Å². The summed E-state index contributed by atoms with van der Waals surface area (Å²) in [7, 11) is 1.64. The van der Waals surface area contributed by atoms with Crippen LogP contribution in [0.2, 0.25) is 0 Å². The van der Waals surface area contributed by atoms with Crippen molar-refractivity contribution in [2.75, 3.05) is 12.4 Å². The minimum Gasteiger partial charge on any atom is -0.380 e. The van der Waals surface area contributed by atoms with Crippen molar-refractivity contribution in [2.45, 2.75) is 6.61 Å². The molecule has 0 unspecified atom stereocenters. The lowest BCUT2D eigenvalue weighted by Crippen LogP contribution is -2.11. The van der Waals surface area contributed by atoms with Gasteiger partial charge in [-0.3, -0.25) is 4.79 Å². The van der Waals surface area contributed by atoms with Gasteiger partial charge in [0.05, 0.1) is 6.61 Å². The van der Waals surface area contributed by atoms with Crippen LogP contribution < -0.4 is 5.32 Å². The molecule has 0 spiro atoms. The zero-order valence-corrected chi connectivity index (χ0v) is 13.3. The van der Waals surface area contributed by atoms with Gasteiger partial charge in [-0.05, 0) is 41.4 Å². The standard InChI is InChI=1S/C17H15N3O2S/c1-22-10-12-2-4-14(5-3-12)17(21)18-15-8-6-13(7-9-15)16-11-23-20-19-16/h2-9,11H,10H2,1H3,(H,18,21). The highest BCUT2D eigenvalue weighted by atomic mass is 32.1. The number of carbonyl (C=O) groups excluding carboxylic acids is 1. The molecule has 0 bridgehead atoms. The fraction of sp³-hybridized carbons (Fsp3) is 0.118. The van der Waals surface area contributed by atoms with Gasteiger partial charge in [0.1, 0.15) is 5.69 Å². The number of methoxy groups -OCH3 is 1. The molecule has 0 saturated carbocycles. The molecule has 0 fully saturated rings. The number of nitrogens with one attached hydrogen (secondary N) is 1. The highest BCUT2D eigenvalue weighted by Crippen LogP contribution is 2.20. The summed E-state index contributed by atoms with van der Waals surface area (Å²) in [6.07, 6.45) is 0. The average molecular weight is 325 g/mol. The molecule has 5 nitrogen and oxygen atoms in total. The van der Waals surface area contributed by atoms with Gasteiger partial charge in [0.2, 0.25) is 0 Å². The van der Waals surface area contributed by atoms with E-state index in [-0.39, 0.29) is 5.91 Å². The lowest BCUT2D eigenvalue weighted by atomic mass is 10.1. The summed E-state index contributed by atoms with van der Waals surface area (Å²) in [5, 5.41) is 8.78. The minimum absolute atomic E-state index is 0.142. The van der Waals surface area contributed by atoms with Gasteiger partial charge in [-0.1, -0.05) is 28.8 Å². The molecule has 6 heteroatoms. The summed E-state index contributed by atoms with van der Waals surface area (Å²) >= 11 is 1.31. The number of ether oxygens (including phenoxy) is 1. The van der Waals surface area contributed by atoms with Crippen LogP contribution in [0.1, 0.15) is 15.9 Å². The van der Waals surface area contributed by atoms with Gasteiger partial charge in [-0.25, -0.2) is 0 Å². The molecule has 3 aromatic rings. The molecule has 0 atom stereocenters. The number of carbonyl (C=O) groups is 1. The number of anilines is 1. The molecule has 0 radical (unpaired) electrons. The van der Waals surface area contributed by atoms with Crippen molar-refractivity contribution >= 4 is 23.1 Å². The number of amides is 1. The maximum atomic E-state index is 12.2. The maximum Gasteiger partial charge on any atom is 0.255 e. The highest BCUT2D eigenvalue weighted by molar-refractivity contribution is 7.03. The molecular weight excluding hydrogens is 310 g/mol. The molecule has 0 aliphatic carbocycles. The van der Waals surface area contributed by atoms with E-state index in [1.807, 2.05) is 41.8 Å². The lowest BCUT2D eigenvalue weighted by molar-refractivity contribution is 0.102. The third-order valence-corrected chi connectivity index (χ3v) is 3.83. The Morgan fingerprint density at radius 1 is 1.13 bits per heavy atom. The predicted octanol–water partition coefficient (Wildman–Crippen LogP) is 3.60. The minimum atomic E-state index is -0.142. The first kappa shape index (κ1) is 15.3. The average Bonchev–Trinajstić information content (AvgIpc) is 3.11. The first-order valence-corrected chi connectivity index (χ1v) is 7.86. The number of aromatic nitrogens is 2. The Balaban J connectivity index is 1.67. The van der Waals surface area contributed by atoms with E-state index >= 15 is 0 Å². The third kappa shape index (κ3) is 3.80. The topological polar surface area (TPSA) is 64.1 Å². The number of rotatable bonds is 5. The van der Waals surface area contributed by atoms with Crippen LogP contribution in [0.3, 0.4) is 0 Å². The molecule has 1 amide bonds. The molecule has 1 aromatic heterocycles. The van der Waals surface area contributed by atoms with Crippen molar-refractivity contribution in [3.05, 3.63) is 65.0 Å². The van der Waals surface area contributed by atoms with Crippen LogP contribution in [-0.2, 0) is 11.3 Å². The quantitative estimate of drug-likeness (QED) is 0.778. The summed E-state index contributed by atoms with van der Waals surface area (Å²) in [6, 6.07) is 14.9. The van der Waals surface area contributed by atoms with Crippen molar-refractivity contribution in [1.29, 1.82) is 0 Å². The van der Waals surface area contributed by atoms with Crippen LogP contribution in [0.5, 0.6) is 0 Å². The third-order valence-electron chi connectivity index (χ3n) is 3.33. The van der Waals surface area contributed by atoms with Crippen LogP contribution >= 0.6 is 11.5 Å². The zero-order chi connectivity index (χ0) is 16.1. The normalized spacial score (nSPS) is 10.5. The molecular formula is C17H15N3O2S. The van der Waals surface area contributed by atoms with Gasteiger partial charge < -0.3 is 10.1 Å².